The molecular weight excluding hydrogens is 477 g/mol. The highest BCUT2D eigenvalue weighted by atomic mass is 19.1. The van der Waals surface area contributed by atoms with Crippen LogP contribution in [0.5, 0.6) is 0 Å². The van der Waals surface area contributed by atoms with Gasteiger partial charge >= 0.3 is 6.03 Å². The summed E-state index contributed by atoms with van der Waals surface area (Å²) in [6, 6.07) is 15.3. The predicted octanol–water partition coefficient (Wildman–Crippen LogP) is 2.79. The Labute approximate surface area is 215 Å². The second-order valence-corrected chi connectivity index (χ2v) is 9.78. The van der Waals surface area contributed by atoms with Gasteiger partial charge in [0.25, 0.3) is 5.91 Å². The minimum Gasteiger partial charge on any atom is -0.376 e. The Morgan fingerprint density at radius 2 is 1.78 bits per heavy atom. The van der Waals surface area contributed by atoms with E-state index in [1.54, 1.807) is 21.9 Å². The first-order valence-electron chi connectivity index (χ1n) is 12.8. The molecule has 3 aliphatic heterocycles. The molecule has 9 nitrogen and oxygen atoms in total. The third-order valence-corrected chi connectivity index (χ3v) is 7.46. The molecule has 2 N–H and O–H groups in total. The van der Waals surface area contributed by atoms with E-state index in [1.165, 1.54) is 12.1 Å². The zero-order valence-electron chi connectivity index (χ0n) is 20.7. The van der Waals surface area contributed by atoms with Crippen molar-refractivity contribution in [2.75, 3.05) is 49.7 Å². The second kappa shape index (κ2) is 10.8. The summed E-state index contributed by atoms with van der Waals surface area (Å²) in [5.41, 5.74) is 0.156. The molecule has 10 heteroatoms. The summed E-state index contributed by atoms with van der Waals surface area (Å²) >= 11 is 0. The molecule has 3 saturated heterocycles. The lowest BCUT2D eigenvalue weighted by Crippen LogP contribution is -2.58. The molecule has 1 atom stereocenters. The summed E-state index contributed by atoms with van der Waals surface area (Å²) in [5, 5.41) is 5.52. The summed E-state index contributed by atoms with van der Waals surface area (Å²) in [4.78, 5) is 44.5. The van der Waals surface area contributed by atoms with Gasteiger partial charge in [0.1, 0.15) is 17.9 Å². The number of hydrogen-bond acceptors (Lipinski definition) is 5. The number of halogens is 1. The molecule has 2 aromatic rings. The number of rotatable bonds is 6. The van der Waals surface area contributed by atoms with Crippen LogP contribution in [0.25, 0.3) is 0 Å². The quantitative estimate of drug-likeness (QED) is 0.625. The van der Waals surface area contributed by atoms with Gasteiger partial charge in [0, 0.05) is 31.9 Å². The first kappa shape index (κ1) is 25.0. The summed E-state index contributed by atoms with van der Waals surface area (Å²) < 4.78 is 19.6. The average Bonchev–Trinajstić information content (AvgIpc) is 3.53. The number of benzene rings is 2. The van der Waals surface area contributed by atoms with Crippen LogP contribution < -0.4 is 15.5 Å². The Kier molecular flexibility index (Phi) is 7.27. The molecule has 4 amide bonds. The van der Waals surface area contributed by atoms with Crippen molar-refractivity contribution in [2.24, 2.45) is 0 Å². The van der Waals surface area contributed by atoms with Crippen LogP contribution in [-0.2, 0) is 14.3 Å². The third-order valence-electron chi connectivity index (χ3n) is 7.46. The van der Waals surface area contributed by atoms with Crippen molar-refractivity contribution in [2.45, 2.75) is 37.3 Å². The lowest BCUT2D eigenvalue weighted by molar-refractivity contribution is -0.137. The number of likely N-dealkylation sites (tertiary alicyclic amines) is 1. The molecule has 196 valence electrons. The molecule has 0 radical (unpaired) electrons. The van der Waals surface area contributed by atoms with E-state index in [0.29, 0.717) is 32.5 Å². The lowest BCUT2D eigenvalue weighted by Gasteiger charge is -2.43. The highest BCUT2D eigenvalue weighted by Gasteiger charge is 2.54. The van der Waals surface area contributed by atoms with E-state index in [2.05, 4.69) is 15.5 Å². The van der Waals surface area contributed by atoms with Gasteiger partial charge in [-0.3, -0.25) is 9.59 Å². The number of carbonyl (C=O) groups excluding carboxylic acids is 3. The summed E-state index contributed by atoms with van der Waals surface area (Å²) in [5.74, 6) is -0.827. The number of amides is 4. The van der Waals surface area contributed by atoms with Gasteiger partial charge in [-0.2, -0.15) is 0 Å². The van der Waals surface area contributed by atoms with Crippen molar-refractivity contribution < 1.29 is 23.5 Å². The fourth-order valence-corrected chi connectivity index (χ4v) is 5.42. The number of nitrogens with zero attached hydrogens (tertiary/aromatic N) is 3. The smallest absolute Gasteiger partial charge is 0.321 e. The zero-order valence-corrected chi connectivity index (χ0v) is 20.7. The molecule has 2 aromatic carbocycles. The molecule has 0 saturated carbocycles. The summed E-state index contributed by atoms with van der Waals surface area (Å²) in [6.45, 7) is 2.07. The van der Waals surface area contributed by atoms with Crippen molar-refractivity contribution in [1.29, 1.82) is 0 Å². The second-order valence-electron chi connectivity index (χ2n) is 9.78. The van der Waals surface area contributed by atoms with Crippen LogP contribution in [0.1, 0.15) is 25.7 Å². The van der Waals surface area contributed by atoms with Gasteiger partial charge in [0.15, 0.2) is 0 Å². The standard InChI is InChI=1S/C27H32FN5O4/c28-22-10-4-5-11-23(22)30-26(36)31-14-12-27(13-15-31)25(35)32(19-33(27)20-7-2-1-3-8-20)18-24(34)29-17-21-9-6-16-37-21/h1-5,7-8,10-11,21H,6,9,12-19H2,(H,29,34)(H,30,36). The average molecular weight is 510 g/mol. The molecule has 3 fully saturated rings. The van der Waals surface area contributed by atoms with E-state index in [4.69, 9.17) is 4.74 Å². The van der Waals surface area contributed by atoms with Crippen LogP contribution in [0.2, 0.25) is 0 Å². The first-order valence-corrected chi connectivity index (χ1v) is 12.8. The number of urea groups is 1. The number of piperidine rings is 1. The Bertz CT molecular complexity index is 1130. The van der Waals surface area contributed by atoms with Crippen molar-refractivity contribution in [3.05, 3.63) is 60.4 Å². The van der Waals surface area contributed by atoms with Crippen LogP contribution in [0, 0.1) is 5.82 Å². The first-order chi connectivity index (χ1) is 18.0. The Morgan fingerprint density at radius 1 is 1.05 bits per heavy atom. The molecule has 3 aliphatic rings. The van der Waals surface area contributed by atoms with Crippen molar-refractivity contribution >= 4 is 29.2 Å². The lowest BCUT2D eigenvalue weighted by atomic mass is 9.85. The zero-order chi connectivity index (χ0) is 25.8. The van der Waals surface area contributed by atoms with E-state index in [9.17, 15) is 18.8 Å². The monoisotopic (exact) mass is 509 g/mol. The van der Waals surface area contributed by atoms with Crippen LogP contribution in [-0.4, -0.2) is 78.7 Å². The minimum absolute atomic E-state index is 0.0326. The SMILES string of the molecule is O=C(CN1CN(c2ccccc2)C2(CCN(C(=O)Nc3ccccc3F)CC2)C1=O)NCC1CCCO1. The van der Waals surface area contributed by atoms with Gasteiger partial charge in [-0.25, -0.2) is 9.18 Å². The largest absolute Gasteiger partial charge is 0.376 e. The fraction of sp³-hybridized carbons (Fsp3) is 0.444. The number of hydrogen-bond donors (Lipinski definition) is 2. The topological polar surface area (TPSA) is 94.2 Å². The molecule has 0 bridgehead atoms. The molecule has 1 spiro atoms. The highest BCUT2D eigenvalue weighted by molar-refractivity contribution is 5.97. The maximum absolute atomic E-state index is 14.0. The summed E-state index contributed by atoms with van der Waals surface area (Å²) in [6.07, 6.45) is 2.76. The molecule has 5 rings (SSSR count). The van der Waals surface area contributed by atoms with E-state index >= 15 is 0 Å². The van der Waals surface area contributed by atoms with Gasteiger partial charge in [-0.1, -0.05) is 30.3 Å². The fourth-order valence-electron chi connectivity index (χ4n) is 5.42. The van der Waals surface area contributed by atoms with E-state index in [-0.39, 0.29) is 36.8 Å². The maximum Gasteiger partial charge on any atom is 0.321 e. The minimum atomic E-state index is -0.856. The number of carbonyl (C=O) groups is 3. The normalized spacial score (nSPS) is 20.9. The van der Waals surface area contributed by atoms with Crippen LogP contribution in [0.3, 0.4) is 0 Å². The van der Waals surface area contributed by atoms with Gasteiger partial charge in [0.2, 0.25) is 5.91 Å². The summed E-state index contributed by atoms with van der Waals surface area (Å²) in [7, 11) is 0. The van der Waals surface area contributed by atoms with Crippen LogP contribution in [0.4, 0.5) is 20.6 Å². The molecule has 3 heterocycles. The van der Waals surface area contributed by atoms with Crippen molar-refractivity contribution in [1.82, 2.24) is 15.1 Å². The Balaban J connectivity index is 1.27. The third kappa shape index (κ3) is 5.24. The van der Waals surface area contributed by atoms with Gasteiger partial charge in [0.05, 0.1) is 18.5 Å². The van der Waals surface area contributed by atoms with Gasteiger partial charge in [-0.15, -0.1) is 0 Å². The van der Waals surface area contributed by atoms with Crippen molar-refractivity contribution in [3.63, 3.8) is 0 Å². The molecular formula is C27H32FN5O4. The molecule has 37 heavy (non-hydrogen) atoms. The highest BCUT2D eigenvalue weighted by Crippen LogP contribution is 2.39. The van der Waals surface area contributed by atoms with Gasteiger partial charge in [-0.05, 0) is 49.9 Å². The van der Waals surface area contributed by atoms with Crippen LogP contribution in [0.15, 0.2) is 54.6 Å². The Hall–Kier alpha value is -3.66. The predicted molar refractivity (Wildman–Crippen MR) is 136 cm³/mol. The molecule has 0 aliphatic carbocycles. The molecule has 1 unspecified atom stereocenters. The van der Waals surface area contributed by atoms with Crippen LogP contribution >= 0.6 is 0 Å². The number of anilines is 2. The maximum atomic E-state index is 14.0. The van der Waals surface area contributed by atoms with E-state index in [0.717, 1.165) is 25.1 Å². The van der Waals surface area contributed by atoms with E-state index in [1.807, 2.05) is 30.3 Å². The number of ether oxygens (including phenoxy) is 1. The Morgan fingerprint density at radius 3 is 2.49 bits per heavy atom. The van der Waals surface area contributed by atoms with E-state index < -0.39 is 17.4 Å². The number of para-hydroxylation sites is 2. The molecule has 0 aromatic heterocycles. The van der Waals surface area contributed by atoms with Crippen molar-refractivity contribution in [3.8, 4) is 0 Å². The number of nitrogens with one attached hydrogen (secondary N) is 2. The van der Waals surface area contributed by atoms with Gasteiger partial charge < -0.3 is 30.1 Å².